The Morgan fingerprint density at radius 3 is 2.40 bits per heavy atom. The van der Waals surface area contributed by atoms with Gasteiger partial charge < -0.3 is 9.72 Å². The standard InChI is InChI=1S/C15H17BrN2O2/c1-8-5-9(2)12(10(3)6-8)14-17-11(7-20-4)13(16)15(19)18-14/h5-6H,7H2,1-4H3,(H,17,18,19). The molecule has 0 saturated heterocycles. The second-order valence-corrected chi connectivity index (χ2v) is 5.67. The fraction of sp³-hybridized carbons (Fsp3) is 0.333. The van der Waals surface area contributed by atoms with Gasteiger partial charge >= 0.3 is 0 Å². The molecule has 0 atom stereocenters. The van der Waals surface area contributed by atoms with E-state index in [1.54, 1.807) is 7.11 Å². The van der Waals surface area contributed by atoms with Crippen molar-refractivity contribution in [2.24, 2.45) is 0 Å². The largest absolute Gasteiger partial charge is 0.378 e. The van der Waals surface area contributed by atoms with E-state index >= 15 is 0 Å². The number of aromatic amines is 1. The average Bonchev–Trinajstić information content (AvgIpc) is 2.34. The van der Waals surface area contributed by atoms with Gasteiger partial charge in [0.05, 0.1) is 12.3 Å². The Bertz CT molecular complexity index is 685. The Morgan fingerprint density at radius 2 is 1.85 bits per heavy atom. The summed E-state index contributed by atoms with van der Waals surface area (Å²) < 4.78 is 5.51. The molecule has 0 aliphatic carbocycles. The summed E-state index contributed by atoms with van der Waals surface area (Å²) in [6.45, 7) is 6.39. The van der Waals surface area contributed by atoms with Crippen LogP contribution in [0.4, 0.5) is 0 Å². The Morgan fingerprint density at radius 1 is 1.25 bits per heavy atom. The Kier molecular flexibility index (Phi) is 4.40. The predicted molar refractivity (Wildman–Crippen MR) is 82.9 cm³/mol. The van der Waals surface area contributed by atoms with Crippen LogP contribution in [0.2, 0.25) is 0 Å². The van der Waals surface area contributed by atoms with Gasteiger partial charge in [0, 0.05) is 12.7 Å². The van der Waals surface area contributed by atoms with E-state index in [0.29, 0.717) is 22.6 Å². The third-order valence-corrected chi connectivity index (χ3v) is 3.94. The first-order valence-corrected chi connectivity index (χ1v) is 7.09. The van der Waals surface area contributed by atoms with Crippen molar-refractivity contribution in [1.29, 1.82) is 0 Å². The topological polar surface area (TPSA) is 55.0 Å². The molecule has 0 unspecified atom stereocenters. The van der Waals surface area contributed by atoms with Crippen LogP contribution in [0.1, 0.15) is 22.4 Å². The number of hydrogen-bond acceptors (Lipinski definition) is 3. The van der Waals surface area contributed by atoms with Gasteiger partial charge in [-0.1, -0.05) is 17.7 Å². The van der Waals surface area contributed by atoms with Crippen molar-refractivity contribution in [2.75, 3.05) is 7.11 Å². The molecule has 106 valence electrons. The van der Waals surface area contributed by atoms with Gasteiger partial charge in [0.2, 0.25) is 0 Å². The van der Waals surface area contributed by atoms with Crippen LogP contribution in [-0.4, -0.2) is 17.1 Å². The Hall–Kier alpha value is -1.46. The summed E-state index contributed by atoms with van der Waals surface area (Å²) >= 11 is 3.25. The fourth-order valence-corrected chi connectivity index (χ4v) is 2.71. The minimum atomic E-state index is -0.193. The lowest BCUT2D eigenvalue weighted by atomic mass is 9.99. The maximum atomic E-state index is 12.0. The van der Waals surface area contributed by atoms with Gasteiger partial charge in [-0.2, -0.15) is 0 Å². The molecular formula is C15H17BrN2O2. The summed E-state index contributed by atoms with van der Waals surface area (Å²) in [6.07, 6.45) is 0. The minimum absolute atomic E-state index is 0.193. The van der Waals surface area contributed by atoms with Crippen LogP contribution >= 0.6 is 15.9 Å². The van der Waals surface area contributed by atoms with Gasteiger partial charge in [-0.15, -0.1) is 0 Å². The molecule has 2 rings (SSSR count). The van der Waals surface area contributed by atoms with E-state index in [4.69, 9.17) is 4.74 Å². The lowest BCUT2D eigenvalue weighted by molar-refractivity contribution is 0.180. The van der Waals surface area contributed by atoms with Crippen molar-refractivity contribution >= 4 is 15.9 Å². The highest BCUT2D eigenvalue weighted by molar-refractivity contribution is 9.10. The lowest BCUT2D eigenvalue weighted by Crippen LogP contribution is -2.14. The van der Waals surface area contributed by atoms with Gasteiger partial charge in [-0.05, 0) is 47.8 Å². The number of methoxy groups -OCH3 is 1. The number of H-pyrrole nitrogens is 1. The zero-order valence-electron chi connectivity index (χ0n) is 12.0. The lowest BCUT2D eigenvalue weighted by Gasteiger charge is -2.12. The van der Waals surface area contributed by atoms with Gasteiger partial charge in [0.25, 0.3) is 5.56 Å². The molecule has 0 amide bonds. The molecule has 0 bridgehead atoms. The van der Waals surface area contributed by atoms with E-state index in [0.717, 1.165) is 16.7 Å². The molecule has 2 aromatic rings. The monoisotopic (exact) mass is 336 g/mol. The molecule has 5 heteroatoms. The van der Waals surface area contributed by atoms with E-state index in [-0.39, 0.29) is 5.56 Å². The number of rotatable bonds is 3. The van der Waals surface area contributed by atoms with Crippen LogP contribution < -0.4 is 5.56 Å². The second kappa shape index (κ2) is 5.89. The molecule has 0 aliphatic heterocycles. The summed E-state index contributed by atoms with van der Waals surface area (Å²) in [5.41, 5.74) is 4.76. The third-order valence-electron chi connectivity index (χ3n) is 3.13. The predicted octanol–water partition coefficient (Wildman–Crippen LogP) is 3.27. The Balaban J connectivity index is 2.68. The number of benzene rings is 1. The first-order chi connectivity index (χ1) is 9.43. The average molecular weight is 337 g/mol. The first-order valence-electron chi connectivity index (χ1n) is 6.30. The molecule has 1 aromatic heterocycles. The van der Waals surface area contributed by atoms with Crippen LogP contribution in [0.15, 0.2) is 21.4 Å². The van der Waals surface area contributed by atoms with Crippen LogP contribution in [0.25, 0.3) is 11.4 Å². The molecule has 0 radical (unpaired) electrons. The molecule has 1 N–H and O–H groups in total. The number of aryl methyl sites for hydroxylation is 3. The van der Waals surface area contributed by atoms with Gasteiger partial charge in [0.15, 0.2) is 0 Å². The molecule has 0 spiro atoms. The van der Waals surface area contributed by atoms with E-state index < -0.39 is 0 Å². The van der Waals surface area contributed by atoms with Gasteiger partial charge in [0.1, 0.15) is 10.3 Å². The first kappa shape index (κ1) is 14.9. The van der Waals surface area contributed by atoms with E-state index in [1.165, 1.54) is 5.56 Å². The number of halogens is 1. The highest BCUT2D eigenvalue weighted by Gasteiger charge is 2.13. The van der Waals surface area contributed by atoms with Crippen molar-refractivity contribution in [2.45, 2.75) is 27.4 Å². The van der Waals surface area contributed by atoms with Gasteiger partial charge in [-0.25, -0.2) is 4.98 Å². The van der Waals surface area contributed by atoms with Crippen LogP contribution in [0.3, 0.4) is 0 Å². The van der Waals surface area contributed by atoms with Crippen molar-refractivity contribution in [3.05, 3.63) is 49.3 Å². The van der Waals surface area contributed by atoms with Crippen LogP contribution in [-0.2, 0) is 11.3 Å². The molecular weight excluding hydrogens is 320 g/mol. The van der Waals surface area contributed by atoms with Crippen molar-refractivity contribution in [1.82, 2.24) is 9.97 Å². The van der Waals surface area contributed by atoms with Crippen LogP contribution in [0, 0.1) is 20.8 Å². The number of nitrogens with zero attached hydrogens (tertiary/aromatic N) is 1. The molecule has 1 aromatic carbocycles. The summed E-state index contributed by atoms with van der Waals surface area (Å²) in [5, 5.41) is 0. The minimum Gasteiger partial charge on any atom is -0.378 e. The summed E-state index contributed by atoms with van der Waals surface area (Å²) in [7, 11) is 1.58. The second-order valence-electron chi connectivity index (χ2n) is 4.88. The highest BCUT2D eigenvalue weighted by Crippen LogP contribution is 2.26. The van der Waals surface area contributed by atoms with E-state index in [2.05, 4.69) is 45.0 Å². The zero-order chi connectivity index (χ0) is 14.9. The fourth-order valence-electron chi connectivity index (χ4n) is 2.41. The van der Waals surface area contributed by atoms with E-state index in [1.807, 2.05) is 13.8 Å². The van der Waals surface area contributed by atoms with Crippen molar-refractivity contribution in [3.8, 4) is 11.4 Å². The van der Waals surface area contributed by atoms with Crippen LogP contribution in [0.5, 0.6) is 0 Å². The van der Waals surface area contributed by atoms with E-state index in [9.17, 15) is 4.79 Å². The van der Waals surface area contributed by atoms with Gasteiger partial charge in [-0.3, -0.25) is 4.79 Å². The number of ether oxygens (including phenoxy) is 1. The molecule has 1 heterocycles. The zero-order valence-corrected chi connectivity index (χ0v) is 13.6. The third kappa shape index (κ3) is 2.83. The molecule has 4 nitrogen and oxygen atoms in total. The van der Waals surface area contributed by atoms with Crippen molar-refractivity contribution in [3.63, 3.8) is 0 Å². The SMILES string of the molecule is COCc1nc(-c2c(C)cc(C)cc2C)[nH]c(=O)c1Br. The van der Waals surface area contributed by atoms with Crippen molar-refractivity contribution < 1.29 is 4.74 Å². The summed E-state index contributed by atoms with van der Waals surface area (Å²) in [6, 6.07) is 4.17. The number of hydrogen-bond donors (Lipinski definition) is 1. The number of aromatic nitrogens is 2. The molecule has 0 fully saturated rings. The molecule has 0 saturated carbocycles. The summed E-state index contributed by atoms with van der Waals surface area (Å²) in [5.74, 6) is 0.584. The molecule has 20 heavy (non-hydrogen) atoms. The smallest absolute Gasteiger partial charge is 0.265 e. The highest BCUT2D eigenvalue weighted by atomic mass is 79.9. The number of nitrogens with one attached hydrogen (secondary N) is 1. The Labute approximate surface area is 126 Å². The summed E-state index contributed by atoms with van der Waals surface area (Å²) in [4.78, 5) is 19.3. The quantitative estimate of drug-likeness (QED) is 0.935. The normalized spacial score (nSPS) is 10.8. The maximum absolute atomic E-state index is 12.0. The molecule has 0 aliphatic rings. The maximum Gasteiger partial charge on any atom is 0.265 e.